The molecular weight excluding hydrogens is 278 g/mol. The molecule has 0 spiro atoms. The van der Waals surface area contributed by atoms with E-state index in [0.717, 1.165) is 23.1 Å². The van der Waals surface area contributed by atoms with Gasteiger partial charge in [-0.25, -0.2) is 0 Å². The molecule has 1 unspecified atom stereocenters. The van der Waals surface area contributed by atoms with Crippen molar-refractivity contribution in [2.45, 2.75) is 32.2 Å². The van der Waals surface area contributed by atoms with Gasteiger partial charge < -0.3 is 10.5 Å². The molecule has 0 heterocycles. The quantitative estimate of drug-likeness (QED) is 0.646. The summed E-state index contributed by atoms with van der Waals surface area (Å²) < 4.78 is 6.50. The van der Waals surface area contributed by atoms with Crippen LogP contribution in [-0.2, 0) is 6.42 Å². The molecule has 2 nitrogen and oxygen atoms in total. The Labute approximate surface area is 112 Å². The number of nitrogens with two attached hydrogens (primary N) is 1. The van der Waals surface area contributed by atoms with Crippen molar-refractivity contribution >= 4 is 15.9 Å². The third-order valence-electron chi connectivity index (χ3n) is 2.52. The van der Waals surface area contributed by atoms with Gasteiger partial charge in [-0.05, 0) is 46.5 Å². The van der Waals surface area contributed by atoms with Crippen LogP contribution >= 0.6 is 15.9 Å². The van der Waals surface area contributed by atoms with Crippen molar-refractivity contribution in [3.05, 3.63) is 28.2 Å². The molecular formula is C14H18BrNO. The van der Waals surface area contributed by atoms with E-state index in [2.05, 4.69) is 34.8 Å². The van der Waals surface area contributed by atoms with Crippen molar-refractivity contribution in [1.29, 1.82) is 0 Å². The van der Waals surface area contributed by atoms with Crippen LogP contribution in [-0.4, -0.2) is 12.6 Å². The Hall–Kier alpha value is -0.980. The van der Waals surface area contributed by atoms with Crippen molar-refractivity contribution in [1.82, 2.24) is 0 Å². The van der Waals surface area contributed by atoms with Crippen LogP contribution in [0.15, 0.2) is 22.7 Å². The van der Waals surface area contributed by atoms with E-state index in [-0.39, 0.29) is 6.04 Å². The second-order valence-electron chi connectivity index (χ2n) is 3.94. The third-order valence-corrected chi connectivity index (χ3v) is 3.14. The fourth-order valence-corrected chi connectivity index (χ4v) is 2.00. The van der Waals surface area contributed by atoms with Crippen LogP contribution in [0, 0.1) is 12.3 Å². The molecule has 0 aromatic heterocycles. The Morgan fingerprint density at radius 3 is 2.88 bits per heavy atom. The van der Waals surface area contributed by atoms with E-state index in [1.165, 1.54) is 5.56 Å². The first-order valence-electron chi connectivity index (χ1n) is 5.77. The van der Waals surface area contributed by atoms with Gasteiger partial charge in [0.05, 0.1) is 11.1 Å². The monoisotopic (exact) mass is 295 g/mol. The molecule has 1 rings (SSSR count). The van der Waals surface area contributed by atoms with Crippen molar-refractivity contribution in [3.63, 3.8) is 0 Å². The van der Waals surface area contributed by atoms with Gasteiger partial charge in [0.1, 0.15) is 5.75 Å². The molecule has 0 aliphatic carbocycles. The van der Waals surface area contributed by atoms with E-state index >= 15 is 0 Å². The van der Waals surface area contributed by atoms with Crippen LogP contribution in [0.3, 0.4) is 0 Å². The average Bonchev–Trinajstić information content (AvgIpc) is 2.32. The number of ether oxygens (including phenoxy) is 1. The van der Waals surface area contributed by atoms with Gasteiger partial charge in [-0.1, -0.05) is 13.0 Å². The maximum Gasteiger partial charge on any atom is 0.133 e. The van der Waals surface area contributed by atoms with E-state index in [9.17, 15) is 0 Å². The summed E-state index contributed by atoms with van der Waals surface area (Å²) in [6, 6.07) is 6.28. The minimum absolute atomic E-state index is 0.218. The molecule has 0 fully saturated rings. The van der Waals surface area contributed by atoms with Crippen LogP contribution < -0.4 is 10.5 Å². The number of terminal acetylenes is 1. The van der Waals surface area contributed by atoms with Gasteiger partial charge in [0.25, 0.3) is 0 Å². The lowest BCUT2D eigenvalue weighted by atomic mass is 10.0. The lowest BCUT2D eigenvalue weighted by molar-refractivity contribution is 0.325. The average molecular weight is 296 g/mol. The maximum absolute atomic E-state index is 5.92. The molecule has 1 aromatic carbocycles. The molecule has 0 saturated carbocycles. The first kappa shape index (κ1) is 14.1. The highest BCUT2D eigenvalue weighted by Crippen LogP contribution is 2.26. The second-order valence-corrected chi connectivity index (χ2v) is 4.79. The Morgan fingerprint density at radius 2 is 2.29 bits per heavy atom. The Balaban J connectivity index is 2.63. The van der Waals surface area contributed by atoms with Crippen LogP contribution in [0.2, 0.25) is 0 Å². The fourth-order valence-electron chi connectivity index (χ4n) is 1.46. The van der Waals surface area contributed by atoms with Gasteiger partial charge in [0.15, 0.2) is 0 Å². The van der Waals surface area contributed by atoms with Gasteiger partial charge in [-0.3, -0.25) is 0 Å². The molecule has 1 aromatic rings. The molecule has 0 bridgehead atoms. The molecule has 0 radical (unpaired) electrons. The van der Waals surface area contributed by atoms with E-state index < -0.39 is 0 Å². The van der Waals surface area contributed by atoms with Crippen LogP contribution in [0.25, 0.3) is 0 Å². The standard InChI is InChI=1S/C14H18BrNO/c1-3-5-8-17-14-7-6-11(10-13(14)15)9-12(16)4-2/h1,6-7,10,12H,4-5,8-9,16H2,2H3. The predicted octanol–water partition coefficient (Wildman–Crippen LogP) is 3.13. The molecule has 3 heteroatoms. The van der Waals surface area contributed by atoms with Crippen molar-refractivity contribution in [2.75, 3.05) is 6.61 Å². The summed E-state index contributed by atoms with van der Waals surface area (Å²) in [4.78, 5) is 0. The normalized spacial score (nSPS) is 11.9. The van der Waals surface area contributed by atoms with E-state index in [1.54, 1.807) is 0 Å². The number of hydrogen-bond donors (Lipinski definition) is 1. The smallest absolute Gasteiger partial charge is 0.133 e. The van der Waals surface area contributed by atoms with Gasteiger partial charge in [0, 0.05) is 12.5 Å². The molecule has 92 valence electrons. The molecule has 0 saturated heterocycles. The van der Waals surface area contributed by atoms with Gasteiger partial charge in [-0.2, -0.15) is 0 Å². The topological polar surface area (TPSA) is 35.2 Å². The Kier molecular flexibility index (Phi) is 6.10. The molecule has 0 aliphatic rings. The molecule has 17 heavy (non-hydrogen) atoms. The van der Waals surface area contributed by atoms with Gasteiger partial charge in [-0.15, -0.1) is 12.3 Å². The summed E-state index contributed by atoms with van der Waals surface area (Å²) in [6.07, 6.45) is 7.66. The highest BCUT2D eigenvalue weighted by atomic mass is 79.9. The Bertz CT molecular complexity index is 398. The SMILES string of the molecule is C#CCCOc1ccc(CC(N)CC)cc1Br. The van der Waals surface area contributed by atoms with E-state index in [0.29, 0.717) is 13.0 Å². The lowest BCUT2D eigenvalue weighted by Crippen LogP contribution is -2.21. The minimum Gasteiger partial charge on any atom is -0.491 e. The number of halogens is 1. The van der Waals surface area contributed by atoms with Crippen molar-refractivity contribution < 1.29 is 4.74 Å². The third kappa shape index (κ3) is 4.80. The zero-order valence-electron chi connectivity index (χ0n) is 10.1. The Morgan fingerprint density at radius 1 is 1.53 bits per heavy atom. The summed E-state index contributed by atoms with van der Waals surface area (Å²) in [7, 11) is 0. The predicted molar refractivity (Wildman–Crippen MR) is 75.1 cm³/mol. The summed E-state index contributed by atoms with van der Waals surface area (Å²) in [5.41, 5.74) is 7.14. The zero-order valence-corrected chi connectivity index (χ0v) is 11.7. The van der Waals surface area contributed by atoms with Gasteiger partial charge in [0.2, 0.25) is 0 Å². The summed E-state index contributed by atoms with van der Waals surface area (Å²) >= 11 is 3.49. The highest BCUT2D eigenvalue weighted by molar-refractivity contribution is 9.10. The molecule has 1 atom stereocenters. The zero-order chi connectivity index (χ0) is 12.7. The number of hydrogen-bond acceptors (Lipinski definition) is 2. The molecule has 2 N–H and O–H groups in total. The highest BCUT2D eigenvalue weighted by Gasteiger charge is 2.05. The largest absolute Gasteiger partial charge is 0.491 e. The van der Waals surface area contributed by atoms with Crippen LogP contribution in [0.4, 0.5) is 0 Å². The van der Waals surface area contributed by atoms with Crippen LogP contribution in [0.5, 0.6) is 5.75 Å². The summed E-state index contributed by atoms with van der Waals surface area (Å²) in [5, 5.41) is 0. The van der Waals surface area contributed by atoms with Crippen LogP contribution in [0.1, 0.15) is 25.3 Å². The van der Waals surface area contributed by atoms with Crippen molar-refractivity contribution in [2.24, 2.45) is 5.73 Å². The minimum atomic E-state index is 0.218. The first-order valence-corrected chi connectivity index (χ1v) is 6.57. The van der Waals surface area contributed by atoms with Gasteiger partial charge >= 0.3 is 0 Å². The first-order chi connectivity index (χ1) is 8.17. The maximum atomic E-state index is 5.92. The second kappa shape index (κ2) is 7.37. The summed E-state index contributed by atoms with van der Waals surface area (Å²) in [6.45, 7) is 2.64. The fraction of sp³-hybridized carbons (Fsp3) is 0.429. The van der Waals surface area contributed by atoms with E-state index in [1.807, 2.05) is 12.1 Å². The summed E-state index contributed by atoms with van der Waals surface area (Å²) in [5.74, 6) is 3.37. The number of benzene rings is 1. The van der Waals surface area contributed by atoms with E-state index in [4.69, 9.17) is 16.9 Å². The molecule has 0 amide bonds. The van der Waals surface area contributed by atoms with Crippen molar-refractivity contribution in [3.8, 4) is 18.1 Å². The number of rotatable bonds is 6. The molecule has 0 aliphatic heterocycles. The lowest BCUT2D eigenvalue weighted by Gasteiger charge is -2.11.